The third kappa shape index (κ3) is 2.40. The van der Waals surface area contributed by atoms with Crippen LogP contribution in [-0.2, 0) is 0 Å². The molecule has 4 atom stereocenters. The fraction of sp³-hybridized carbons (Fsp3) is 0.524. The number of nitrogens with one attached hydrogen (secondary N) is 1. The number of piperidine rings is 1. The van der Waals surface area contributed by atoms with Gasteiger partial charge < -0.3 is 10.2 Å². The summed E-state index contributed by atoms with van der Waals surface area (Å²) in [4.78, 5) is 9.54. The molecule has 0 radical (unpaired) electrons. The molecule has 2 aromatic rings. The van der Waals surface area contributed by atoms with Gasteiger partial charge in [-0.15, -0.1) is 0 Å². The molecule has 0 aliphatic carbocycles. The topological polar surface area (TPSA) is 55.2 Å². The minimum atomic E-state index is 0.209. The van der Waals surface area contributed by atoms with Crippen molar-refractivity contribution in [3.63, 3.8) is 0 Å². The molecule has 1 aromatic heterocycles. The lowest BCUT2D eigenvalue weighted by atomic mass is 9.87. The second-order valence-electron chi connectivity index (χ2n) is 7.97. The fourth-order valence-electron chi connectivity index (χ4n) is 5.39. The van der Waals surface area contributed by atoms with Crippen molar-refractivity contribution in [1.82, 2.24) is 15.2 Å². The van der Waals surface area contributed by atoms with Crippen molar-refractivity contribution in [2.75, 3.05) is 31.1 Å². The maximum atomic E-state index is 9.44. The van der Waals surface area contributed by atoms with E-state index in [0.717, 1.165) is 36.6 Å². The molecule has 0 saturated carbocycles. The Morgan fingerprint density at radius 1 is 1.31 bits per heavy atom. The average Bonchev–Trinajstić information content (AvgIpc) is 3.06. The zero-order valence-corrected chi connectivity index (χ0v) is 15.2. The summed E-state index contributed by atoms with van der Waals surface area (Å²) in [6.07, 6.45) is 2.80. The first-order valence-electron chi connectivity index (χ1n) is 10.2. The first kappa shape index (κ1) is 15.0. The summed E-state index contributed by atoms with van der Waals surface area (Å²) >= 11 is 0. The Bertz CT molecular complexity index is 921. The SMILES string of the molecule is [2H]c1ccc2c(N3C[C@@H](C)N4CC5NCCCC5[C@H]4C3)ccc(C#N)c2n1. The van der Waals surface area contributed by atoms with Gasteiger partial charge in [0.2, 0.25) is 0 Å². The number of hydrogen-bond acceptors (Lipinski definition) is 5. The highest BCUT2D eigenvalue weighted by Gasteiger charge is 2.47. The number of benzene rings is 1. The van der Waals surface area contributed by atoms with Gasteiger partial charge in [-0.25, -0.2) is 0 Å². The molecule has 3 fully saturated rings. The Balaban J connectivity index is 1.53. The van der Waals surface area contributed by atoms with Crippen LogP contribution in [0.15, 0.2) is 30.4 Å². The van der Waals surface area contributed by atoms with E-state index < -0.39 is 0 Å². The van der Waals surface area contributed by atoms with Crippen LogP contribution in [0.25, 0.3) is 10.9 Å². The standard InChI is InChI=1S/C21H25N5/c1-14-11-25(13-20-16-4-2-8-23-18(16)12-26(14)20)19-7-6-15(10-22)21-17(19)5-3-9-24-21/h3,5-7,9,14,16,18,20,23H,2,4,8,11-13H2,1H3/t14-,16?,18?,20-/m1/s1/i9D. The summed E-state index contributed by atoms with van der Waals surface area (Å²) in [5, 5.41) is 14.2. The normalized spacial score (nSPS) is 32.0. The van der Waals surface area contributed by atoms with E-state index in [1.54, 1.807) is 6.07 Å². The maximum Gasteiger partial charge on any atom is 0.101 e. The van der Waals surface area contributed by atoms with Gasteiger partial charge in [-0.1, -0.05) is 0 Å². The van der Waals surface area contributed by atoms with E-state index in [0.29, 0.717) is 29.2 Å². The van der Waals surface area contributed by atoms with Crippen molar-refractivity contribution in [3.8, 4) is 6.07 Å². The number of rotatable bonds is 1. The van der Waals surface area contributed by atoms with Gasteiger partial charge in [-0.2, -0.15) is 5.26 Å². The highest BCUT2D eigenvalue weighted by atomic mass is 15.3. The lowest BCUT2D eigenvalue weighted by Crippen LogP contribution is -2.56. The third-order valence-corrected chi connectivity index (χ3v) is 6.58. The zero-order chi connectivity index (χ0) is 18.5. The van der Waals surface area contributed by atoms with Crippen molar-refractivity contribution >= 4 is 16.6 Å². The molecule has 4 heterocycles. The number of hydrogen-bond donors (Lipinski definition) is 1. The molecule has 5 nitrogen and oxygen atoms in total. The second kappa shape index (κ2) is 6.22. The number of piperazine rings is 1. The van der Waals surface area contributed by atoms with E-state index in [-0.39, 0.29) is 6.17 Å². The Hall–Kier alpha value is -2.16. The van der Waals surface area contributed by atoms with Gasteiger partial charge in [0.1, 0.15) is 6.07 Å². The van der Waals surface area contributed by atoms with Gasteiger partial charge in [0.05, 0.1) is 12.5 Å². The number of pyridine rings is 1. The van der Waals surface area contributed by atoms with Crippen LogP contribution in [0.2, 0.25) is 0 Å². The summed E-state index contributed by atoms with van der Waals surface area (Å²) in [6, 6.07) is 11.6. The van der Waals surface area contributed by atoms with E-state index >= 15 is 0 Å². The minimum absolute atomic E-state index is 0.209. The first-order chi connectivity index (χ1) is 13.2. The lowest BCUT2D eigenvalue weighted by Gasteiger charge is -2.45. The van der Waals surface area contributed by atoms with Crippen molar-refractivity contribution in [2.24, 2.45) is 5.92 Å². The molecule has 0 amide bonds. The van der Waals surface area contributed by atoms with Crippen LogP contribution in [-0.4, -0.2) is 54.2 Å². The van der Waals surface area contributed by atoms with Crippen LogP contribution in [0.5, 0.6) is 0 Å². The highest BCUT2D eigenvalue weighted by molar-refractivity contribution is 5.95. The smallest absolute Gasteiger partial charge is 0.101 e. The van der Waals surface area contributed by atoms with Crippen LogP contribution >= 0.6 is 0 Å². The van der Waals surface area contributed by atoms with Gasteiger partial charge in [0.25, 0.3) is 0 Å². The molecule has 3 aliphatic heterocycles. The van der Waals surface area contributed by atoms with Crippen LogP contribution in [0.1, 0.15) is 26.7 Å². The second-order valence-corrected chi connectivity index (χ2v) is 7.97. The van der Waals surface area contributed by atoms with E-state index in [4.69, 9.17) is 1.37 Å². The average molecular weight is 348 g/mol. The van der Waals surface area contributed by atoms with Gasteiger partial charge in [0.15, 0.2) is 0 Å². The van der Waals surface area contributed by atoms with Crippen LogP contribution in [0, 0.1) is 17.2 Å². The molecule has 26 heavy (non-hydrogen) atoms. The van der Waals surface area contributed by atoms with Crippen LogP contribution in [0.4, 0.5) is 5.69 Å². The van der Waals surface area contributed by atoms with Gasteiger partial charge in [-0.05, 0) is 56.5 Å². The van der Waals surface area contributed by atoms with Crippen LogP contribution < -0.4 is 10.2 Å². The van der Waals surface area contributed by atoms with E-state index in [9.17, 15) is 5.26 Å². The van der Waals surface area contributed by atoms with E-state index in [1.807, 2.05) is 12.1 Å². The van der Waals surface area contributed by atoms with Crippen molar-refractivity contribution in [1.29, 1.82) is 5.26 Å². The summed E-state index contributed by atoms with van der Waals surface area (Å²) in [6.45, 7) is 6.67. The zero-order valence-electron chi connectivity index (χ0n) is 16.2. The predicted octanol–water partition coefficient (Wildman–Crippen LogP) is 2.37. The Morgan fingerprint density at radius 3 is 3.12 bits per heavy atom. The van der Waals surface area contributed by atoms with E-state index in [2.05, 4.69) is 39.2 Å². The lowest BCUT2D eigenvalue weighted by molar-refractivity contribution is 0.143. The van der Waals surface area contributed by atoms with Crippen molar-refractivity contribution in [2.45, 2.75) is 37.9 Å². The molecular formula is C21H25N5. The monoisotopic (exact) mass is 348 g/mol. The molecule has 1 N–H and O–H groups in total. The number of aromatic nitrogens is 1. The molecule has 2 unspecified atom stereocenters. The van der Waals surface area contributed by atoms with E-state index in [1.165, 1.54) is 19.4 Å². The molecule has 0 spiro atoms. The van der Waals surface area contributed by atoms with Crippen molar-refractivity contribution in [3.05, 3.63) is 36.0 Å². The predicted molar refractivity (Wildman–Crippen MR) is 103 cm³/mol. The summed E-state index contributed by atoms with van der Waals surface area (Å²) in [5.74, 6) is 0.728. The number of nitrogens with zero attached hydrogens (tertiary/aromatic N) is 4. The molecule has 3 saturated heterocycles. The molecule has 0 bridgehead atoms. The highest BCUT2D eigenvalue weighted by Crippen LogP contribution is 2.38. The first-order valence-corrected chi connectivity index (χ1v) is 9.70. The van der Waals surface area contributed by atoms with Crippen LogP contribution in [0.3, 0.4) is 0 Å². The van der Waals surface area contributed by atoms with Gasteiger partial charge in [-0.3, -0.25) is 9.88 Å². The minimum Gasteiger partial charge on any atom is -0.368 e. The number of nitriles is 1. The van der Waals surface area contributed by atoms with Gasteiger partial charge >= 0.3 is 0 Å². The fourth-order valence-corrected chi connectivity index (χ4v) is 5.39. The molecule has 5 heteroatoms. The summed E-state index contributed by atoms with van der Waals surface area (Å²) in [5.41, 5.74) is 2.35. The molecule has 1 aromatic carbocycles. The molecule has 5 rings (SSSR count). The summed E-state index contributed by atoms with van der Waals surface area (Å²) in [7, 11) is 0. The van der Waals surface area contributed by atoms with Gasteiger partial charge in [0, 0.05) is 55.0 Å². The molecule has 3 aliphatic rings. The quantitative estimate of drug-likeness (QED) is 0.857. The van der Waals surface area contributed by atoms with Crippen molar-refractivity contribution < 1.29 is 1.37 Å². The molecule has 134 valence electrons. The summed E-state index contributed by atoms with van der Waals surface area (Å²) < 4.78 is 7.85. The Labute approximate surface area is 156 Å². The Kier molecular flexibility index (Phi) is 3.58. The third-order valence-electron chi connectivity index (χ3n) is 6.58. The molecular weight excluding hydrogens is 322 g/mol. The maximum absolute atomic E-state index is 9.44. The Morgan fingerprint density at radius 2 is 2.23 bits per heavy atom. The number of fused-ring (bicyclic) bond motifs is 4. The number of anilines is 1. The largest absolute Gasteiger partial charge is 0.368 e.